The van der Waals surface area contributed by atoms with Crippen LogP contribution in [0.25, 0.3) is 0 Å². The summed E-state index contributed by atoms with van der Waals surface area (Å²) < 4.78 is 12.0. The minimum Gasteiger partial charge on any atom is -0.508 e. The van der Waals surface area contributed by atoms with Crippen molar-refractivity contribution in [2.75, 3.05) is 0 Å². The molecule has 0 fully saturated rings. The first-order valence-electron chi connectivity index (χ1n) is 8.36. The molecular weight excluding hydrogens is 320 g/mol. The van der Waals surface area contributed by atoms with E-state index in [2.05, 4.69) is 0 Å². The summed E-state index contributed by atoms with van der Waals surface area (Å²) in [6.45, 7) is 3.42. The third kappa shape index (κ3) is 2.74. The molecule has 2 aliphatic rings. The molecule has 0 saturated heterocycles. The lowest BCUT2D eigenvalue weighted by Gasteiger charge is -2.27. The Balaban J connectivity index is 1.71. The number of rotatable bonds is 2. The van der Waals surface area contributed by atoms with E-state index < -0.39 is 11.7 Å². The van der Waals surface area contributed by atoms with E-state index in [1.165, 1.54) is 0 Å². The number of ketones is 1. The number of fused-ring (bicyclic) bond motifs is 3. The number of phenols is 1. The minimum atomic E-state index is -0.985. The zero-order valence-electron chi connectivity index (χ0n) is 14.2. The fourth-order valence-electron chi connectivity index (χ4n) is 3.38. The fourth-order valence-corrected chi connectivity index (χ4v) is 3.38. The van der Waals surface area contributed by atoms with E-state index in [-0.39, 0.29) is 24.1 Å². The van der Waals surface area contributed by atoms with Gasteiger partial charge in [0.1, 0.15) is 29.5 Å². The van der Waals surface area contributed by atoms with E-state index in [0.29, 0.717) is 23.5 Å². The maximum Gasteiger partial charge on any atom is 0.170 e. The predicted molar refractivity (Wildman–Crippen MR) is 91.3 cm³/mol. The Hall–Kier alpha value is -2.53. The first-order valence-corrected chi connectivity index (χ1v) is 8.36. The number of aromatic hydroxyl groups is 1. The number of carbonyl (C=O) groups excluding carboxylic acids is 1. The van der Waals surface area contributed by atoms with Gasteiger partial charge in [-0.3, -0.25) is 4.79 Å². The Bertz CT molecular complexity index is 832. The molecule has 25 heavy (non-hydrogen) atoms. The summed E-state index contributed by atoms with van der Waals surface area (Å²) in [5, 5.41) is 19.7. The second-order valence-electron chi connectivity index (χ2n) is 7.21. The van der Waals surface area contributed by atoms with Gasteiger partial charge in [0.2, 0.25) is 0 Å². The maximum absolute atomic E-state index is 12.6. The van der Waals surface area contributed by atoms with Crippen LogP contribution in [0.15, 0.2) is 36.4 Å². The Morgan fingerprint density at radius 1 is 1.04 bits per heavy atom. The summed E-state index contributed by atoms with van der Waals surface area (Å²) in [7, 11) is 0. The first kappa shape index (κ1) is 16.0. The molecular formula is C20H20O5. The lowest BCUT2D eigenvalue weighted by molar-refractivity contribution is -0.0229. The number of hydrogen-bond acceptors (Lipinski definition) is 5. The van der Waals surface area contributed by atoms with Crippen molar-refractivity contribution in [3.05, 3.63) is 53.1 Å². The monoisotopic (exact) mass is 340 g/mol. The molecule has 5 heteroatoms. The van der Waals surface area contributed by atoms with Crippen LogP contribution in [0.5, 0.6) is 17.2 Å². The van der Waals surface area contributed by atoms with E-state index in [9.17, 15) is 15.0 Å². The van der Waals surface area contributed by atoms with Crippen LogP contribution in [0, 0.1) is 0 Å². The Morgan fingerprint density at radius 3 is 2.44 bits per heavy atom. The third-order valence-electron chi connectivity index (χ3n) is 4.86. The van der Waals surface area contributed by atoms with Crippen molar-refractivity contribution in [2.24, 2.45) is 0 Å². The van der Waals surface area contributed by atoms with Gasteiger partial charge in [0.15, 0.2) is 5.78 Å². The quantitative estimate of drug-likeness (QED) is 0.878. The Labute approximate surface area is 145 Å². The molecule has 2 unspecified atom stereocenters. The molecule has 0 amide bonds. The van der Waals surface area contributed by atoms with Crippen LogP contribution >= 0.6 is 0 Å². The number of ether oxygens (including phenoxy) is 2. The largest absolute Gasteiger partial charge is 0.508 e. The summed E-state index contributed by atoms with van der Waals surface area (Å²) in [6.07, 6.45) is -0.0146. The molecule has 2 atom stereocenters. The lowest BCUT2D eigenvalue weighted by Crippen LogP contribution is -2.39. The molecule has 0 spiro atoms. The van der Waals surface area contributed by atoms with Crippen LogP contribution < -0.4 is 9.47 Å². The second-order valence-corrected chi connectivity index (χ2v) is 7.21. The molecule has 2 aromatic rings. The number of carbonyl (C=O) groups is 1. The fraction of sp³-hybridized carbons (Fsp3) is 0.350. The molecule has 0 aromatic heterocycles. The lowest BCUT2D eigenvalue weighted by atomic mass is 9.91. The molecule has 0 aliphatic carbocycles. The van der Waals surface area contributed by atoms with Crippen LogP contribution in [0.1, 0.15) is 47.9 Å². The number of benzene rings is 2. The molecule has 0 saturated carbocycles. The van der Waals surface area contributed by atoms with Crippen LogP contribution in [0.2, 0.25) is 0 Å². The van der Waals surface area contributed by atoms with Gasteiger partial charge in [-0.15, -0.1) is 0 Å². The highest BCUT2D eigenvalue weighted by Gasteiger charge is 2.39. The highest BCUT2D eigenvalue weighted by molar-refractivity contribution is 6.00. The molecule has 2 aliphatic heterocycles. The molecule has 130 valence electrons. The van der Waals surface area contributed by atoms with Gasteiger partial charge in [-0.05, 0) is 43.7 Å². The van der Waals surface area contributed by atoms with Crippen LogP contribution in [-0.4, -0.2) is 27.7 Å². The maximum atomic E-state index is 12.6. The number of Topliss-reactive ketones (excluding diaryl/α,β-unsaturated/α-hetero) is 1. The topological polar surface area (TPSA) is 76.0 Å². The summed E-state index contributed by atoms with van der Waals surface area (Å²) >= 11 is 0. The highest BCUT2D eigenvalue weighted by Crippen LogP contribution is 2.45. The van der Waals surface area contributed by atoms with E-state index >= 15 is 0 Å². The summed E-state index contributed by atoms with van der Waals surface area (Å²) in [4.78, 5) is 12.6. The smallest absolute Gasteiger partial charge is 0.170 e. The molecule has 4 rings (SSSR count). The first-order chi connectivity index (χ1) is 11.8. The van der Waals surface area contributed by atoms with Gasteiger partial charge in [-0.25, -0.2) is 0 Å². The van der Waals surface area contributed by atoms with Crippen molar-refractivity contribution >= 4 is 5.78 Å². The normalized spacial score (nSPS) is 22.0. The van der Waals surface area contributed by atoms with Crippen LogP contribution in [-0.2, 0) is 6.42 Å². The van der Waals surface area contributed by atoms with Gasteiger partial charge in [-0.2, -0.15) is 0 Å². The molecule has 0 bridgehead atoms. The standard InChI is InChI=1S/C20H20O5/c1-20(2,23)18-9-14-16(24-18)8-7-13-15(22)10-17(25-19(13)14)11-3-5-12(21)6-4-11/h3-8,17-18,21,23H,9-10H2,1-2H3. The highest BCUT2D eigenvalue weighted by atomic mass is 16.5. The number of hydrogen-bond donors (Lipinski definition) is 2. The third-order valence-corrected chi connectivity index (χ3v) is 4.86. The zero-order valence-corrected chi connectivity index (χ0v) is 14.2. The van der Waals surface area contributed by atoms with E-state index in [1.807, 2.05) is 0 Å². The van der Waals surface area contributed by atoms with Gasteiger partial charge < -0.3 is 19.7 Å². The van der Waals surface area contributed by atoms with Gasteiger partial charge in [0.05, 0.1) is 17.6 Å². The zero-order chi connectivity index (χ0) is 17.8. The molecule has 2 N–H and O–H groups in total. The average Bonchev–Trinajstić information content (AvgIpc) is 3.00. The van der Waals surface area contributed by atoms with Crippen molar-refractivity contribution in [3.8, 4) is 17.2 Å². The van der Waals surface area contributed by atoms with Crippen molar-refractivity contribution < 1.29 is 24.5 Å². The summed E-state index contributed by atoms with van der Waals surface area (Å²) in [6, 6.07) is 10.2. The van der Waals surface area contributed by atoms with Crippen molar-refractivity contribution in [1.29, 1.82) is 0 Å². The Morgan fingerprint density at radius 2 is 1.76 bits per heavy atom. The molecule has 2 heterocycles. The van der Waals surface area contributed by atoms with Gasteiger partial charge in [0.25, 0.3) is 0 Å². The van der Waals surface area contributed by atoms with Crippen molar-refractivity contribution in [1.82, 2.24) is 0 Å². The van der Waals surface area contributed by atoms with Crippen LogP contribution in [0.4, 0.5) is 0 Å². The van der Waals surface area contributed by atoms with E-state index in [4.69, 9.17) is 9.47 Å². The van der Waals surface area contributed by atoms with Gasteiger partial charge in [0, 0.05) is 12.0 Å². The summed E-state index contributed by atoms with van der Waals surface area (Å²) in [5.41, 5.74) is 1.25. The second kappa shape index (κ2) is 5.49. The minimum absolute atomic E-state index is 0.0221. The summed E-state index contributed by atoms with van der Waals surface area (Å²) in [5.74, 6) is 1.41. The van der Waals surface area contributed by atoms with E-state index in [0.717, 1.165) is 11.1 Å². The number of phenolic OH excluding ortho intramolecular Hbond substituents is 1. The molecule has 2 aromatic carbocycles. The van der Waals surface area contributed by atoms with Gasteiger partial charge >= 0.3 is 0 Å². The SMILES string of the molecule is CC(C)(O)C1Cc2c(ccc3c2OC(c2ccc(O)cc2)CC3=O)O1. The van der Waals surface area contributed by atoms with E-state index in [1.54, 1.807) is 50.2 Å². The molecule has 0 radical (unpaired) electrons. The van der Waals surface area contributed by atoms with Gasteiger partial charge in [-0.1, -0.05) is 12.1 Å². The van der Waals surface area contributed by atoms with Crippen molar-refractivity contribution in [2.45, 2.75) is 44.5 Å². The number of aliphatic hydroxyl groups is 1. The predicted octanol–water partition coefficient (Wildman–Crippen LogP) is 3.17. The average molecular weight is 340 g/mol. The molecule has 5 nitrogen and oxygen atoms in total. The van der Waals surface area contributed by atoms with Crippen molar-refractivity contribution in [3.63, 3.8) is 0 Å². The Kier molecular flexibility index (Phi) is 3.51. The van der Waals surface area contributed by atoms with Crippen LogP contribution in [0.3, 0.4) is 0 Å².